The van der Waals surface area contributed by atoms with Crippen LogP contribution in [-0.4, -0.2) is 10.2 Å². The predicted molar refractivity (Wildman–Crippen MR) is 58.6 cm³/mol. The standard InChI is InChI=1S/C7H7IO2.C2H6/c1-4-2-7(10)5(8)3-6(4)9;1-2/h2-3,9-10H,1H3;1-2H3. The molecule has 0 bridgehead atoms. The molecule has 0 unspecified atom stereocenters. The van der Waals surface area contributed by atoms with Crippen molar-refractivity contribution in [1.82, 2.24) is 0 Å². The van der Waals surface area contributed by atoms with Crippen LogP contribution in [0.4, 0.5) is 0 Å². The fourth-order valence-corrected chi connectivity index (χ4v) is 1.11. The molecule has 2 nitrogen and oxygen atoms in total. The van der Waals surface area contributed by atoms with E-state index in [9.17, 15) is 0 Å². The number of aryl methyl sites for hydroxylation is 1. The van der Waals surface area contributed by atoms with Gasteiger partial charge in [0.25, 0.3) is 0 Å². The summed E-state index contributed by atoms with van der Waals surface area (Å²) in [6, 6.07) is 3.07. The molecular formula is C9H13IO2. The summed E-state index contributed by atoms with van der Waals surface area (Å²) >= 11 is 1.96. The summed E-state index contributed by atoms with van der Waals surface area (Å²) in [7, 11) is 0. The molecule has 0 saturated heterocycles. The maximum Gasteiger partial charge on any atom is 0.129 e. The molecule has 1 aromatic rings. The van der Waals surface area contributed by atoms with Crippen LogP contribution in [0.1, 0.15) is 19.4 Å². The number of benzene rings is 1. The first-order chi connectivity index (χ1) is 5.61. The summed E-state index contributed by atoms with van der Waals surface area (Å²) in [4.78, 5) is 0. The van der Waals surface area contributed by atoms with Crippen molar-refractivity contribution in [2.75, 3.05) is 0 Å². The van der Waals surface area contributed by atoms with Crippen molar-refractivity contribution in [2.45, 2.75) is 20.8 Å². The highest BCUT2D eigenvalue weighted by atomic mass is 127. The lowest BCUT2D eigenvalue weighted by Crippen LogP contribution is -1.77. The molecule has 3 heteroatoms. The number of hydrogen-bond donors (Lipinski definition) is 2. The minimum absolute atomic E-state index is 0.218. The Balaban J connectivity index is 0.000000561. The van der Waals surface area contributed by atoms with Gasteiger partial charge in [-0.1, -0.05) is 13.8 Å². The highest BCUT2D eigenvalue weighted by molar-refractivity contribution is 14.1. The quantitative estimate of drug-likeness (QED) is 0.566. The summed E-state index contributed by atoms with van der Waals surface area (Å²) < 4.78 is 0.667. The fraction of sp³-hybridized carbons (Fsp3) is 0.333. The summed E-state index contributed by atoms with van der Waals surface area (Å²) in [6.45, 7) is 5.74. The van der Waals surface area contributed by atoms with Gasteiger partial charge in [0.15, 0.2) is 0 Å². The second kappa shape index (κ2) is 5.24. The third-order valence-electron chi connectivity index (χ3n) is 1.27. The smallest absolute Gasteiger partial charge is 0.129 e. The SMILES string of the molecule is CC.Cc1cc(O)c(I)cc1O. The van der Waals surface area contributed by atoms with E-state index in [4.69, 9.17) is 10.2 Å². The topological polar surface area (TPSA) is 40.5 Å². The molecular weight excluding hydrogens is 267 g/mol. The van der Waals surface area contributed by atoms with Gasteiger partial charge in [0.1, 0.15) is 11.5 Å². The van der Waals surface area contributed by atoms with Gasteiger partial charge in [-0.25, -0.2) is 0 Å². The van der Waals surface area contributed by atoms with E-state index in [1.807, 2.05) is 36.4 Å². The van der Waals surface area contributed by atoms with Gasteiger partial charge in [0.2, 0.25) is 0 Å². The van der Waals surface area contributed by atoms with Crippen molar-refractivity contribution in [1.29, 1.82) is 0 Å². The van der Waals surface area contributed by atoms with E-state index >= 15 is 0 Å². The zero-order valence-electron chi connectivity index (χ0n) is 7.43. The maximum absolute atomic E-state index is 9.11. The van der Waals surface area contributed by atoms with E-state index in [0.717, 1.165) is 0 Å². The zero-order chi connectivity index (χ0) is 9.72. The van der Waals surface area contributed by atoms with Gasteiger partial charge in [0, 0.05) is 0 Å². The molecule has 0 spiro atoms. The van der Waals surface area contributed by atoms with Crippen LogP contribution in [-0.2, 0) is 0 Å². The van der Waals surface area contributed by atoms with Crippen LogP contribution < -0.4 is 0 Å². The number of phenols is 2. The molecule has 2 N–H and O–H groups in total. The molecule has 0 saturated carbocycles. The lowest BCUT2D eigenvalue weighted by molar-refractivity contribution is 0.453. The molecule has 0 heterocycles. The average Bonchev–Trinajstić information content (AvgIpc) is 2.05. The second-order valence-corrected chi connectivity index (χ2v) is 3.25. The van der Waals surface area contributed by atoms with E-state index in [-0.39, 0.29) is 11.5 Å². The number of aromatic hydroxyl groups is 2. The Morgan fingerprint density at radius 3 is 2.00 bits per heavy atom. The van der Waals surface area contributed by atoms with Gasteiger partial charge in [-0.3, -0.25) is 0 Å². The first-order valence-corrected chi connectivity index (χ1v) is 4.87. The highest BCUT2D eigenvalue weighted by Gasteiger charge is 2.01. The van der Waals surface area contributed by atoms with Crippen LogP contribution >= 0.6 is 22.6 Å². The van der Waals surface area contributed by atoms with Crippen LogP contribution in [0.3, 0.4) is 0 Å². The molecule has 0 fully saturated rings. The molecule has 0 aliphatic rings. The first-order valence-electron chi connectivity index (χ1n) is 3.79. The lowest BCUT2D eigenvalue weighted by Gasteiger charge is -2.00. The lowest BCUT2D eigenvalue weighted by atomic mass is 10.2. The number of halogens is 1. The third-order valence-corrected chi connectivity index (χ3v) is 2.13. The predicted octanol–water partition coefficient (Wildman–Crippen LogP) is 3.04. The summed E-state index contributed by atoms with van der Waals surface area (Å²) in [5.41, 5.74) is 0.693. The number of hydrogen-bond acceptors (Lipinski definition) is 2. The van der Waals surface area contributed by atoms with Crippen LogP contribution in [0.2, 0.25) is 0 Å². The fourth-order valence-electron chi connectivity index (χ4n) is 0.656. The Kier molecular flexibility index (Phi) is 5.04. The van der Waals surface area contributed by atoms with Crippen molar-refractivity contribution in [3.8, 4) is 11.5 Å². The van der Waals surface area contributed by atoms with E-state index in [1.54, 1.807) is 6.92 Å². The molecule has 68 valence electrons. The van der Waals surface area contributed by atoms with Crippen molar-refractivity contribution in [3.63, 3.8) is 0 Å². The summed E-state index contributed by atoms with van der Waals surface area (Å²) in [5, 5.41) is 18.2. The summed E-state index contributed by atoms with van der Waals surface area (Å²) in [5.74, 6) is 0.443. The normalized spacial score (nSPS) is 8.67. The average molecular weight is 280 g/mol. The number of rotatable bonds is 0. The van der Waals surface area contributed by atoms with Gasteiger partial charge in [-0.2, -0.15) is 0 Å². The van der Waals surface area contributed by atoms with E-state index in [1.165, 1.54) is 12.1 Å². The number of phenolic OH excluding ortho intramolecular Hbond substituents is 2. The Morgan fingerprint density at radius 2 is 1.58 bits per heavy atom. The Hall–Kier alpha value is -0.450. The van der Waals surface area contributed by atoms with Crippen LogP contribution in [0, 0.1) is 10.5 Å². The van der Waals surface area contributed by atoms with Gasteiger partial charge in [0.05, 0.1) is 3.57 Å². The molecule has 1 rings (SSSR count). The second-order valence-electron chi connectivity index (χ2n) is 2.09. The van der Waals surface area contributed by atoms with E-state index in [2.05, 4.69) is 0 Å². The maximum atomic E-state index is 9.11. The van der Waals surface area contributed by atoms with Crippen molar-refractivity contribution < 1.29 is 10.2 Å². The van der Waals surface area contributed by atoms with Crippen LogP contribution in [0.5, 0.6) is 11.5 Å². The Labute approximate surface area is 86.4 Å². The molecule has 0 amide bonds. The van der Waals surface area contributed by atoms with Gasteiger partial charge >= 0.3 is 0 Å². The third kappa shape index (κ3) is 2.89. The van der Waals surface area contributed by atoms with Crippen LogP contribution in [0.25, 0.3) is 0 Å². The molecule has 12 heavy (non-hydrogen) atoms. The summed E-state index contributed by atoms with van der Waals surface area (Å²) in [6.07, 6.45) is 0. The van der Waals surface area contributed by atoms with Crippen molar-refractivity contribution in [3.05, 3.63) is 21.3 Å². The van der Waals surface area contributed by atoms with Crippen LogP contribution in [0.15, 0.2) is 12.1 Å². The minimum Gasteiger partial charge on any atom is -0.508 e. The molecule has 0 atom stereocenters. The molecule has 0 radical (unpaired) electrons. The highest BCUT2D eigenvalue weighted by Crippen LogP contribution is 2.27. The molecule has 0 aromatic heterocycles. The monoisotopic (exact) mass is 280 g/mol. The van der Waals surface area contributed by atoms with Gasteiger partial charge < -0.3 is 10.2 Å². The molecule has 0 aliphatic carbocycles. The first kappa shape index (κ1) is 11.6. The Morgan fingerprint density at radius 1 is 1.08 bits per heavy atom. The molecule has 0 aliphatic heterocycles. The van der Waals surface area contributed by atoms with Gasteiger partial charge in [-0.15, -0.1) is 0 Å². The Bertz CT molecular complexity index is 209. The largest absolute Gasteiger partial charge is 0.508 e. The van der Waals surface area contributed by atoms with Crippen molar-refractivity contribution in [2.24, 2.45) is 0 Å². The molecule has 1 aromatic carbocycles. The zero-order valence-corrected chi connectivity index (χ0v) is 9.58. The minimum atomic E-state index is 0.218. The van der Waals surface area contributed by atoms with Gasteiger partial charge in [-0.05, 0) is 47.2 Å². The van der Waals surface area contributed by atoms with E-state index < -0.39 is 0 Å². The van der Waals surface area contributed by atoms with E-state index in [0.29, 0.717) is 9.13 Å². The van der Waals surface area contributed by atoms with Crippen molar-refractivity contribution >= 4 is 22.6 Å².